The minimum Gasteiger partial charge on any atom is -0.338 e. The number of halogens is 2. The van der Waals surface area contributed by atoms with E-state index in [1.807, 2.05) is 11.0 Å². The number of tetrazole rings is 1. The van der Waals surface area contributed by atoms with E-state index in [0.717, 1.165) is 24.9 Å². The molecular formula is C16H19Cl2N5O. The molecule has 1 aromatic carbocycles. The van der Waals surface area contributed by atoms with Gasteiger partial charge >= 0.3 is 0 Å². The fraction of sp³-hybridized carbons (Fsp3) is 0.500. The van der Waals surface area contributed by atoms with Gasteiger partial charge in [-0.2, -0.15) is 4.80 Å². The molecule has 1 fully saturated rings. The number of nitrogens with zero attached hydrogens (tertiary/aromatic N) is 5. The maximum Gasteiger partial charge on any atom is 0.246 e. The highest BCUT2D eigenvalue weighted by Crippen LogP contribution is 2.23. The zero-order valence-corrected chi connectivity index (χ0v) is 15.0. The van der Waals surface area contributed by atoms with Gasteiger partial charge in [-0.25, -0.2) is 0 Å². The predicted octanol–water partition coefficient (Wildman–Crippen LogP) is 2.97. The highest BCUT2D eigenvalue weighted by molar-refractivity contribution is 6.42. The first-order chi connectivity index (χ1) is 11.5. The van der Waals surface area contributed by atoms with E-state index in [-0.39, 0.29) is 18.5 Å². The molecule has 8 heteroatoms. The van der Waals surface area contributed by atoms with Gasteiger partial charge < -0.3 is 4.90 Å². The Morgan fingerprint density at radius 3 is 2.88 bits per heavy atom. The summed E-state index contributed by atoms with van der Waals surface area (Å²) in [4.78, 5) is 15.7. The number of carbonyl (C=O) groups excluding carboxylic acids is 1. The summed E-state index contributed by atoms with van der Waals surface area (Å²) in [6.07, 6.45) is 3.79. The van der Waals surface area contributed by atoms with Gasteiger partial charge in [0.15, 0.2) is 5.82 Å². The van der Waals surface area contributed by atoms with Gasteiger partial charge in [-0.05, 0) is 49.1 Å². The van der Waals surface area contributed by atoms with E-state index in [2.05, 4.69) is 22.3 Å². The van der Waals surface area contributed by atoms with E-state index in [0.29, 0.717) is 22.3 Å². The van der Waals surface area contributed by atoms with Crippen LogP contribution in [0.5, 0.6) is 0 Å². The molecule has 1 saturated heterocycles. The molecule has 1 aromatic heterocycles. The van der Waals surface area contributed by atoms with Crippen LogP contribution in [0.15, 0.2) is 18.2 Å². The Morgan fingerprint density at radius 2 is 2.12 bits per heavy atom. The zero-order chi connectivity index (χ0) is 17.1. The molecule has 1 aliphatic heterocycles. The second-order valence-electron chi connectivity index (χ2n) is 6.09. The van der Waals surface area contributed by atoms with Gasteiger partial charge in [-0.3, -0.25) is 4.79 Å². The Balaban J connectivity index is 1.62. The Labute approximate surface area is 150 Å². The van der Waals surface area contributed by atoms with Crippen molar-refractivity contribution in [3.63, 3.8) is 0 Å². The quantitative estimate of drug-likeness (QED) is 0.832. The predicted molar refractivity (Wildman–Crippen MR) is 92.1 cm³/mol. The summed E-state index contributed by atoms with van der Waals surface area (Å²) in [6, 6.07) is 5.68. The molecule has 0 radical (unpaired) electrons. The second kappa shape index (κ2) is 7.49. The summed E-state index contributed by atoms with van der Waals surface area (Å²) in [7, 11) is 0. The lowest BCUT2D eigenvalue weighted by Crippen LogP contribution is -2.43. The first-order valence-electron chi connectivity index (χ1n) is 8.03. The summed E-state index contributed by atoms with van der Waals surface area (Å²) in [5.41, 5.74) is 0.944. The summed E-state index contributed by atoms with van der Waals surface area (Å²) >= 11 is 11.9. The number of amides is 1. The molecule has 2 heterocycles. The number of likely N-dealkylation sites (tertiary alicyclic amines) is 1. The Morgan fingerprint density at radius 1 is 1.29 bits per heavy atom. The molecular weight excluding hydrogens is 349 g/mol. The summed E-state index contributed by atoms with van der Waals surface area (Å²) < 4.78 is 0. The van der Waals surface area contributed by atoms with Crippen LogP contribution in [0.25, 0.3) is 0 Å². The Kier molecular flexibility index (Phi) is 5.36. The smallest absolute Gasteiger partial charge is 0.246 e. The van der Waals surface area contributed by atoms with Crippen LogP contribution in [-0.2, 0) is 17.8 Å². The first kappa shape index (κ1) is 17.2. The minimum atomic E-state index is 0.0423. The topological polar surface area (TPSA) is 63.9 Å². The van der Waals surface area contributed by atoms with E-state index in [1.165, 1.54) is 11.2 Å². The molecule has 0 bridgehead atoms. The zero-order valence-electron chi connectivity index (χ0n) is 13.5. The van der Waals surface area contributed by atoms with Gasteiger partial charge in [-0.15, -0.1) is 10.2 Å². The third-order valence-corrected chi connectivity index (χ3v) is 4.98. The van der Waals surface area contributed by atoms with Crippen LogP contribution >= 0.6 is 23.2 Å². The molecule has 2 aromatic rings. The second-order valence-corrected chi connectivity index (χ2v) is 6.91. The average Bonchev–Trinajstić information content (AvgIpc) is 2.98. The molecule has 1 aliphatic rings. The molecule has 128 valence electrons. The summed E-state index contributed by atoms with van der Waals surface area (Å²) in [6.45, 7) is 3.02. The Hall–Kier alpha value is -1.66. The number of carbonyl (C=O) groups is 1. The van der Waals surface area contributed by atoms with Gasteiger partial charge in [0.05, 0.1) is 10.0 Å². The van der Waals surface area contributed by atoms with Crippen molar-refractivity contribution in [3.8, 4) is 0 Å². The van der Waals surface area contributed by atoms with E-state index >= 15 is 0 Å². The molecule has 0 spiro atoms. The summed E-state index contributed by atoms with van der Waals surface area (Å²) in [5, 5.41) is 13.3. The molecule has 6 nitrogen and oxygen atoms in total. The van der Waals surface area contributed by atoms with E-state index in [4.69, 9.17) is 23.2 Å². The number of rotatable bonds is 4. The van der Waals surface area contributed by atoms with E-state index < -0.39 is 0 Å². The van der Waals surface area contributed by atoms with Crippen LogP contribution in [0.1, 0.15) is 37.6 Å². The van der Waals surface area contributed by atoms with Crippen molar-refractivity contribution in [2.45, 2.75) is 45.2 Å². The normalized spacial score (nSPS) is 18.0. The van der Waals surface area contributed by atoms with Crippen molar-refractivity contribution >= 4 is 29.1 Å². The number of hydrogen-bond acceptors (Lipinski definition) is 4. The fourth-order valence-electron chi connectivity index (χ4n) is 2.93. The standard InChI is InChI=1S/C16H19Cl2N5O/c1-11-4-2-3-7-22(11)16(24)10-23-20-15(19-21-23)9-12-5-6-13(17)14(18)8-12/h5-6,8,11H,2-4,7,9-10H2,1H3. The minimum absolute atomic E-state index is 0.0423. The Bertz CT molecular complexity index is 733. The van der Waals surface area contributed by atoms with Crippen molar-refractivity contribution in [2.24, 2.45) is 0 Å². The lowest BCUT2D eigenvalue weighted by atomic mass is 10.0. The fourth-order valence-corrected chi connectivity index (χ4v) is 3.25. The molecule has 1 unspecified atom stereocenters. The van der Waals surface area contributed by atoms with Crippen LogP contribution in [-0.4, -0.2) is 43.6 Å². The highest BCUT2D eigenvalue weighted by Gasteiger charge is 2.23. The number of piperidine rings is 1. The van der Waals surface area contributed by atoms with Crippen LogP contribution in [0.2, 0.25) is 10.0 Å². The van der Waals surface area contributed by atoms with Crippen LogP contribution in [0, 0.1) is 0 Å². The molecule has 0 saturated carbocycles. The highest BCUT2D eigenvalue weighted by atomic mass is 35.5. The third-order valence-electron chi connectivity index (χ3n) is 4.24. The van der Waals surface area contributed by atoms with Gasteiger partial charge in [0.25, 0.3) is 0 Å². The molecule has 1 atom stereocenters. The number of aromatic nitrogens is 4. The van der Waals surface area contributed by atoms with Crippen molar-refractivity contribution in [1.82, 2.24) is 25.1 Å². The molecule has 24 heavy (non-hydrogen) atoms. The van der Waals surface area contributed by atoms with Crippen LogP contribution in [0.4, 0.5) is 0 Å². The number of hydrogen-bond donors (Lipinski definition) is 0. The van der Waals surface area contributed by atoms with Gasteiger partial charge in [0, 0.05) is 19.0 Å². The van der Waals surface area contributed by atoms with E-state index in [1.54, 1.807) is 12.1 Å². The lowest BCUT2D eigenvalue weighted by Gasteiger charge is -2.33. The van der Waals surface area contributed by atoms with Crippen LogP contribution < -0.4 is 0 Å². The van der Waals surface area contributed by atoms with Crippen molar-refractivity contribution in [2.75, 3.05) is 6.54 Å². The average molecular weight is 368 g/mol. The van der Waals surface area contributed by atoms with Crippen molar-refractivity contribution in [1.29, 1.82) is 0 Å². The first-order valence-corrected chi connectivity index (χ1v) is 8.78. The molecule has 1 amide bonds. The van der Waals surface area contributed by atoms with Crippen LogP contribution in [0.3, 0.4) is 0 Å². The van der Waals surface area contributed by atoms with Gasteiger partial charge in [-0.1, -0.05) is 29.3 Å². The summed E-state index contributed by atoms with van der Waals surface area (Å²) in [5.74, 6) is 0.591. The molecule has 0 N–H and O–H groups in total. The lowest BCUT2D eigenvalue weighted by molar-refractivity contribution is -0.135. The van der Waals surface area contributed by atoms with Crippen molar-refractivity contribution < 1.29 is 4.79 Å². The number of benzene rings is 1. The van der Waals surface area contributed by atoms with E-state index in [9.17, 15) is 4.79 Å². The maximum atomic E-state index is 12.4. The van der Waals surface area contributed by atoms with Crippen molar-refractivity contribution in [3.05, 3.63) is 39.6 Å². The molecule has 3 rings (SSSR count). The van der Waals surface area contributed by atoms with Gasteiger partial charge in [0.2, 0.25) is 5.91 Å². The maximum absolute atomic E-state index is 12.4. The SMILES string of the molecule is CC1CCCCN1C(=O)Cn1nnc(Cc2ccc(Cl)c(Cl)c2)n1. The monoisotopic (exact) mass is 367 g/mol. The largest absolute Gasteiger partial charge is 0.338 e. The molecule has 0 aliphatic carbocycles. The van der Waals surface area contributed by atoms with Gasteiger partial charge in [0.1, 0.15) is 6.54 Å². The third kappa shape index (κ3) is 4.05.